The fraction of sp³-hybridized carbons (Fsp3) is 0.185. The number of imidazole rings is 1. The number of aromatic amines is 2. The van der Waals surface area contributed by atoms with Crippen molar-refractivity contribution in [2.75, 3.05) is 5.32 Å². The summed E-state index contributed by atoms with van der Waals surface area (Å²) in [4.78, 5) is 35.7. The van der Waals surface area contributed by atoms with Crippen molar-refractivity contribution in [3.8, 4) is 33.3 Å². The first kappa shape index (κ1) is 22.7. The van der Waals surface area contributed by atoms with E-state index in [4.69, 9.17) is 4.98 Å². The second-order valence-electron chi connectivity index (χ2n) is 9.41. The topological polar surface area (TPSA) is 125 Å². The molecule has 0 saturated heterocycles. The van der Waals surface area contributed by atoms with Gasteiger partial charge >= 0.3 is 0 Å². The highest BCUT2D eigenvalue weighted by molar-refractivity contribution is 7.15. The normalized spacial score (nSPS) is 13.7. The second-order valence-corrected chi connectivity index (χ2v) is 10.7. The number of thiophene rings is 1. The van der Waals surface area contributed by atoms with Crippen LogP contribution >= 0.6 is 11.3 Å². The number of hydrogen-bond acceptors (Lipinski definition) is 7. The minimum atomic E-state index is -0.553. The summed E-state index contributed by atoms with van der Waals surface area (Å²) < 4.78 is 16.0. The van der Waals surface area contributed by atoms with E-state index in [0.29, 0.717) is 33.8 Å². The number of amides is 1. The summed E-state index contributed by atoms with van der Waals surface area (Å²) in [6, 6.07) is 7.59. The lowest BCUT2D eigenvalue weighted by molar-refractivity contribution is -0.122. The van der Waals surface area contributed by atoms with Gasteiger partial charge in [-0.25, -0.2) is 9.37 Å². The standard InChI is InChI=1S/C27H21FN8OS/c1-13-5-6-19(38-13)24-23-17(7-8-30-24)33-26(34-23)25-20-18(35-36-25)12-31-22(21(20)28)15-9-16(11-29-10-15)32-27(37)14-3-2-4-14/h5-12,14H,2-4H2,1H3,(H,32,37)(H,33,34)(H,35,36). The highest BCUT2D eigenvalue weighted by atomic mass is 32.1. The van der Waals surface area contributed by atoms with Crippen LogP contribution in [0.1, 0.15) is 24.1 Å². The Morgan fingerprint density at radius 1 is 1.08 bits per heavy atom. The van der Waals surface area contributed by atoms with Gasteiger partial charge in [0.25, 0.3) is 0 Å². The molecule has 188 valence electrons. The lowest BCUT2D eigenvalue weighted by atomic mass is 9.85. The van der Waals surface area contributed by atoms with Crippen LogP contribution in [0.15, 0.2) is 49.1 Å². The van der Waals surface area contributed by atoms with Crippen molar-refractivity contribution in [1.29, 1.82) is 0 Å². The van der Waals surface area contributed by atoms with Crippen LogP contribution in [-0.4, -0.2) is 41.0 Å². The molecule has 1 amide bonds. The van der Waals surface area contributed by atoms with Gasteiger partial charge < -0.3 is 10.3 Å². The van der Waals surface area contributed by atoms with Crippen LogP contribution in [0.3, 0.4) is 0 Å². The van der Waals surface area contributed by atoms with Gasteiger partial charge in [0, 0.05) is 28.8 Å². The predicted molar refractivity (Wildman–Crippen MR) is 144 cm³/mol. The number of carbonyl (C=O) groups is 1. The van der Waals surface area contributed by atoms with Gasteiger partial charge in [-0.15, -0.1) is 11.3 Å². The van der Waals surface area contributed by atoms with E-state index in [0.717, 1.165) is 35.4 Å². The fourth-order valence-electron chi connectivity index (χ4n) is 4.69. The molecule has 6 aromatic rings. The number of nitrogens with one attached hydrogen (secondary N) is 3. The largest absolute Gasteiger partial charge is 0.336 e. The number of hydrogen-bond donors (Lipinski definition) is 3. The Labute approximate surface area is 219 Å². The lowest BCUT2D eigenvalue weighted by Crippen LogP contribution is -2.28. The first-order valence-corrected chi connectivity index (χ1v) is 13.1. The molecule has 9 nitrogen and oxygen atoms in total. The number of anilines is 1. The smallest absolute Gasteiger partial charge is 0.227 e. The van der Waals surface area contributed by atoms with Crippen molar-refractivity contribution in [3.63, 3.8) is 0 Å². The Hall–Kier alpha value is -4.51. The number of H-pyrrole nitrogens is 2. The van der Waals surface area contributed by atoms with E-state index in [9.17, 15) is 4.79 Å². The lowest BCUT2D eigenvalue weighted by Gasteiger charge is -2.24. The highest BCUT2D eigenvalue weighted by Gasteiger charge is 2.26. The van der Waals surface area contributed by atoms with E-state index in [1.54, 1.807) is 29.8 Å². The van der Waals surface area contributed by atoms with Gasteiger partial charge in [-0.2, -0.15) is 5.10 Å². The summed E-state index contributed by atoms with van der Waals surface area (Å²) in [5.74, 6) is -0.137. The Bertz CT molecular complexity index is 1850. The molecular formula is C27H21FN8OS. The van der Waals surface area contributed by atoms with Gasteiger partial charge in [-0.05, 0) is 44.0 Å². The molecular weight excluding hydrogens is 503 g/mol. The van der Waals surface area contributed by atoms with Crippen LogP contribution in [0.4, 0.5) is 10.1 Å². The molecule has 0 atom stereocenters. The average molecular weight is 525 g/mol. The zero-order valence-electron chi connectivity index (χ0n) is 20.2. The summed E-state index contributed by atoms with van der Waals surface area (Å²) >= 11 is 1.64. The number of fused-ring (bicyclic) bond motifs is 2. The van der Waals surface area contributed by atoms with Gasteiger partial charge in [0.15, 0.2) is 11.6 Å². The minimum absolute atomic E-state index is 0.0294. The van der Waals surface area contributed by atoms with E-state index in [1.807, 2.05) is 25.1 Å². The zero-order chi connectivity index (χ0) is 25.8. The van der Waals surface area contributed by atoms with Crippen molar-refractivity contribution in [1.82, 2.24) is 35.1 Å². The number of carbonyl (C=O) groups excluding carboxylic acids is 1. The third-order valence-electron chi connectivity index (χ3n) is 6.90. The number of aromatic nitrogens is 7. The van der Waals surface area contributed by atoms with Gasteiger partial charge in [0.05, 0.1) is 39.4 Å². The number of halogens is 1. The summed E-state index contributed by atoms with van der Waals surface area (Å²) in [7, 11) is 0. The third kappa shape index (κ3) is 3.74. The van der Waals surface area contributed by atoms with Crippen LogP contribution in [0, 0.1) is 18.7 Å². The molecule has 0 unspecified atom stereocenters. The molecule has 0 radical (unpaired) electrons. The van der Waals surface area contributed by atoms with E-state index < -0.39 is 5.82 Å². The summed E-state index contributed by atoms with van der Waals surface area (Å²) in [6.45, 7) is 2.04. The molecule has 7 rings (SSSR count). The molecule has 0 bridgehead atoms. The number of aryl methyl sites for hydroxylation is 1. The van der Waals surface area contributed by atoms with E-state index in [2.05, 4.69) is 35.5 Å². The van der Waals surface area contributed by atoms with Crippen molar-refractivity contribution in [3.05, 3.63) is 59.7 Å². The molecule has 1 saturated carbocycles. The van der Waals surface area contributed by atoms with Crippen LogP contribution in [-0.2, 0) is 4.79 Å². The molecule has 0 spiro atoms. The van der Waals surface area contributed by atoms with Gasteiger partial charge in [-0.1, -0.05) is 6.42 Å². The summed E-state index contributed by atoms with van der Waals surface area (Å²) in [5, 5.41) is 10.4. The Morgan fingerprint density at radius 2 is 1.97 bits per heavy atom. The molecule has 0 aromatic carbocycles. The first-order chi connectivity index (χ1) is 18.5. The molecule has 0 aliphatic heterocycles. The average Bonchev–Trinajstić information content (AvgIpc) is 3.61. The third-order valence-corrected chi connectivity index (χ3v) is 7.91. The van der Waals surface area contributed by atoms with Crippen molar-refractivity contribution < 1.29 is 9.18 Å². The molecule has 1 aliphatic carbocycles. The van der Waals surface area contributed by atoms with Crippen LogP contribution in [0.25, 0.3) is 55.3 Å². The SMILES string of the molecule is Cc1ccc(-c2nccc3[nH]c(-c4n[nH]c5cnc(-c6cncc(NC(=O)C7CCC7)c6)c(F)c45)nc23)s1. The van der Waals surface area contributed by atoms with E-state index >= 15 is 4.39 Å². The Kier molecular flexibility index (Phi) is 5.25. The zero-order valence-corrected chi connectivity index (χ0v) is 21.1. The van der Waals surface area contributed by atoms with Crippen LogP contribution in [0.2, 0.25) is 0 Å². The van der Waals surface area contributed by atoms with Crippen molar-refractivity contribution in [2.24, 2.45) is 5.92 Å². The summed E-state index contributed by atoms with van der Waals surface area (Å²) in [6.07, 6.45) is 9.18. The van der Waals surface area contributed by atoms with Gasteiger partial charge in [-0.3, -0.25) is 24.8 Å². The Balaban J connectivity index is 1.30. The maximum Gasteiger partial charge on any atom is 0.227 e. The first-order valence-electron chi connectivity index (χ1n) is 12.3. The van der Waals surface area contributed by atoms with E-state index in [-0.39, 0.29) is 22.9 Å². The second kappa shape index (κ2) is 8.80. The molecule has 11 heteroatoms. The fourth-order valence-corrected chi connectivity index (χ4v) is 5.56. The molecule has 1 aliphatic rings. The van der Waals surface area contributed by atoms with Crippen molar-refractivity contribution in [2.45, 2.75) is 26.2 Å². The van der Waals surface area contributed by atoms with Crippen molar-refractivity contribution >= 4 is 44.9 Å². The summed E-state index contributed by atoms with van der Waals surface area (Å²) in [5.41, 5.74) is 4.08. The van der Waals surface area contributed by atoms with Gasteiger partial charge in [0.2, 0.25) is 5.91 Å². The molecule has 3 N–H and O–H groups in total. The van der Waals surface area contributed by atoms with Crippen LogP contribution < -0.4 is 5.32 Å². The molecule has 1 fully saturated rings. The van der Waals surface area contributed by atoms with Gasteiger partial charge in [0.1, 0.15) is 22.6 Å². The number of rotatable bonds is 5. The monoisotopic (exact) mass is 524 g/mol. The molecule has 6 aromatic heterocycles. The van der Waals surface area contributed by atoms with Crippen LogP contribution in [0.5, 0.6) is 0 Å². The highest BCUT2D eigenvalue weighted by Crippen LogP contribution is 2.35. The molecule has 6 heterocycles. The number of nitrogens with zero attached hydrogens (tertiary/aromatic N) is 5. The quantitative estimate of drug-likeness (QED) is 0.259. The molecule has 38 heavy (non-hydrogen) atoms. The minimum Gasteiger partial charge on any atom is -0.336 e. The Morgan fingerprint density at radius 3 is 2.76 bits per heavy atom. The predicted octanol–water partition coefficient (Wildman–Crippen LogP) is 5.87. The maximum absolute atomic E-state index is 16.0. The number of pyridine rings is 3. The maximum atomic E-state index is 16.0. The van der Waals surface area contributed by atoms with E-state index in [1.165, 1.54) is 17.3 Å².